The number of ether oxygens (including phenoxy) is 3. The number of nitrogens with zero attached hydrogens (tertiary/aromatic N) is 1. The quantitative estimate of drug-likeness (QED) is 0.878. The fraction of sp³-hybridized carbons (Fsp3) is 0.500. The van der Waals surface area contributed by atoms with E-state index in [9.17, 15) is 4.79 Å². The minimum absolute atomic E-state index is 0.0576. The Kier molecular flexibility index (Phi) is 5.06. The van der Waals surface area contributed by atoms with E-state index in [-0.39, 0.29) is 5.56 Å². The lowest BCUT2D eigenvalue weighted by molar-refractivity contribution is 0.111. The highest BCUT2D eigenvalue weighted by Crippen LogP contribution is 2.31. The molecule has 1 aromatic carbocycles. The maximum atomic E-state index is 12.5. The average Bonchev–Trinajstić information content (AvgIpc) is 3.02. The molecule has 0 spiro atoms. The van der Waals surface area contributed by atoms with Crippen LogP contribution < -0.4 is 15.0 Å². The van der Waals surface area contributed by atoms with E-state index in [1.165, 1.54) is 0 Å². The van der Waals surface area contributed by atoms with Crippen molar-refractivity contribution in [3.8, 4) is 11.5 Å². The summed E-state index contributed by atoms with van der Waals surface area (Å²) in [7, 11) is 4.91. The van der Waals surface area contributed by atoms with Gasteiger partial charge in [-0.1, -0.05) is 0 Å². The third kappa shape index (κ3) is 3.25. The van der Waals surface area contributed by atoms with Gasteiger partial charge in [0, 0.05) is 36.7 Å². The number of methoxy groups -OCH3 is 3. The molecule has 0 aliphatic carbocycles. The molecule has 6 nitrogen and oxygen atoms in total. The predicted molar refractivity (Wildman–Crippen MR) is 93.0 cm³/mol. The van der Waals surface area contributed by atoms with Gasteiger partial charge < -0.3 is 19.2 Å². The zero-order chi connectivity index (χ0) is 17.1. The summed E-state index contributed by atoms with van der Waals surface area (Å²) >= 11 is 0. The number of aromatic nitrogens is 1. The van der Waals surface area contributed by atoms with E-state index in [0.717, 1.165) is 35.9 Å². The number of hydrogen-bond donors (Lipinski definition) is 1. The molecule has 6 heteroatoms. The number of benzene rings is 1. The number of H-pyrrole nitrogens is 1. The van der Waals surface area contributed by atoms with E-state index in [1.54, 1.807) is 27.4 Å². The molecular formula is C18H24N2O4. The first kappa shape index (κ1) is 16.8. The second-order valence-corrected chi connectivity index (χ2v) is 6.14. The largest absolute Gasteiger partial charge is 0.493 e. The van der Waals surface area contributed by atoms with Crippen LogP contribution in [0, 0.1) is 0 Å². The topological polar surface area (TPSA) is 63.8 Å². The highest BCUT2D eigenvalue weighted by molar-refractivity contribution is 5.83. The molecule has 1 aromatic heterocycles. The van der Waals surface area contributed by atoms with Crippen molar-refractivity contribution in [3.63, 3.8) is 0 Å². The molecule has 3 rings (SSSR count). The Morgan fingerprint density at radius 1 is 1.17 bits per heavy atom. The zero-order valence-corrected chi connectivity index (χ0v) is 14.4. The number of likely N-dealkylation sites (tertiary alicyclic amines) is 1. The van der Waals surface area contributed by atoms with Gasteiger partial charge in [0.1, 0.15) is 0 Å². The van der Waals surface area contributed by atoms with Crippen LogP contribution in [0.5, 0.6) is 11.5 Å². The molecule has 1 N–H and O–H groups in total. The number of nitrogens with one attached hydrogen (secondary N) is 1. The molecule has 1 fully saturated rings. The number of fused-ring (bicyclic) bond motifs is 1. The van der Waals surface area contributed by atoms with Crippen LogP contribution in [0.3, 0.4) is 0 Å². The molecule has 1 saturated heterocycles. The molecular weight excluding hydrogens is 308 g/mol. The van der Waals surface area contributed by atoms with Gasteiger partial charge in [0.25, 0.3) is 5.56 Å². The van der Waals surface area contributed by atoms with Crippen LogP contribution in [0.1, 0.15) is 18.4 Å². The molecule has 0 amide bonds. The molecule has 0 radical (unpaired) electrons. The van der Waals surface area contributed by atoms with Crippen molar-refractivity contribution in [3.05, 3.63) is 34.1 Å². The summed E-state index contributed by atoms with van der Waals surface area (Å²) in [6.07, 6.45) is 2.26. The van der Waals surface area contributed by atoms with E-state index in [4.69, 9.17) is 14.2 Å². The number of hydrogen-bond acceptors (Lipinski definition) is 5. The fourth-order valence-corrected chi connectivity index (χ4v) is 3.40. The van der Waals surface area contributed by atoms with Crippen molar-refractivity contribution in [1.82, 2.24) is 9.88 Å². The second kappa shape index (κ2) is 7.23. The van der Waals surface area contributed by atoms with Gasteiger partial charge >= 0.3 is 0 Å². The normalized spacial score (nSPS) is 18.2. The third-order valence-corrected chi connectivity index (χ3v) is 4.66. The van der Waals surface area contributed by atoms with Crippen LogP contribution in [0.4, 0.5) is 0 Å². The van der Waals surface area contributed by atoms with Crippen LogP contribution in [0.25, 0.3) is 10.9 Å². The molecule has 1 atom stereocenters. The van der Waals surface area contributed by atoms with E-state index < -0.39 is 0 Å². The Morgan fingerprint density at radius 3 is 2.62 bits per heavy atom. The second-order valence-electron chi connectivity index (χ2n) is 6.14. The average molecular weight is 332 g/mol. The fourth-order valence-electron chi connectivity index (χ4n) is 3.40. The van der Waals surface area contributed by atoms with Crippen molar-refractivity contribution < 1.29 is 14.2 Å². The lowest BCUT2D eigenvalue weighted by Gasteiger charge is -2.23. The summed E-state index contributed by atoms with van der Waals surface area (Å²) in [5.41, 5.74) is 1.45. The first-order valence-corrected chi connectivity index (χ1v) is 8.17. The van der Waals surface area contributed by atoms with Gasteiger partial charge in [-0.2, -0.15) is 0 Å². The zero-order valence-electron chi connectivity index (χ0n) is 14.4. The number of aromatic amines is 1. The highest BCUT2D eigenvalue weighted by atomic mass is 16.5. The van der Waals surface area contributed by atoms with Gasteiger partial charge in [-0.15, -0.1) is 0 Å². The van der Waals surface area contributed by atoms with Gasteiger partial charge in [0.05, 0.1) is 26.3 Å². The van der Waals surface area contributed by atoms with E-state index in [0.29, 0.717) is 30.7 Å². The van der Waals surface area contributed by atoms with E-state index in [2.05, 4.69) is 9.88 Å². The summed E-state index contributed by atoms with van der Waals surface area (Å²) in [6.45, 7) is 2.33. The van der Waals surface area contributed by atoms with Crippen LogP contribution in [-0.2, 0) is 11.3 Å². The van der Waals surface area contributed by atoms with Crippen LogP contribution in [-0.4, -0.2) is 50.4 Å². The van der Waals surface area contributed by atoms with Crippen LogP contribution >= 0.6 is 0 Å². The smallest absolute Gasteiger partial charge is 0.252 e. The summed E-state index contributed by atoms with van der Waals surface area (Å²) in [5, 5.41) is 0.935. The Hall–Kier alpha value is -2.05. The van der Waals surface area contributed by atoms with Gasteiger partial charge in [-0.05, 0) is 31.5 Å². The minimum atomic E-state index is -0.0576. The molecule has 0 unspecified atom stereocenters. The molecule has 1 aliphatic heterocycles. The van der Waals surface area contributed by atoms with Crippen molar-refractivity contribution >= 4 is 10.9 Å². The van der Waals surface area contributed by atoms with Gasteiger partial charge in [-0.3, -0.25) is 9.69 Å². The SMILES string of the molecule is COC[C@@H]1CCCN1Cc1cc2cc(OC)c(OC)cc2[nH]c1=O. The Morgan fingerprint density at radius 2 is 1.92 bits per heavy atom. The van der Waals surface area contributed by atoms with Gasteiger partial charge in [0.15, 0.2) is 11.5 Å². The summed E-state index contributed by atoms with van der Waals surface area (Å²) in [5.74, 6) is 1.26. The lowest BCUT2D eigenvalue weighted by Crippen LogP contribution is -2.34. The molecule has 130 valence electrons. The summed E-state index contributed by atoms with van der Waals surface area (Å²) in [4.78, 5) is 17.7. The van der Waals surface area contributed by atoms with Gasteiger partial charge in [-0.25, -0.2) is 0 Å². The Bertz CT molecular complexity index is 771. The Labute approximate surface area is 141 Å². The molecule has 0 saturated carbocycles. The first-order valence-electron chi connectivity index (χ1n) is 8.17. The van der Waals surface area contributed by atoms with Gasteiger partial charge in [0.2, 0.25) is 0 Å². The number of pyridine rings is 1. The standard InChI is InChI=1S/C18H24N2O4/c1-22-11-14-5-4-6-20(14)10-13-7-12-8-16(23-2)17(24-3)9-15(12)19-18(13)21/h7-9,14H,4-6,10-11H2,1-3H3,(H,19,21)/t14-/m0/s1. The van der Waals surface area contributed by atoms with Crippen LogP contribution in [0.2, 0.25) is 0 Å². The molecule has 2 aromatic rings. The lowest BCUT2D eigenvalue weighted by atomic mass is 10.1. The maximum absolute atomic E-state index is 12.5. The monoisotopic (exact) mass is 332 g/mol. The van der Waals surface area contributed by atoms with Crippen molar-refractivity contribution in [2.24, 2.45) is 0 Å². The first-order chi connectivity index (χ1) is 11.7. The third-order valence-electron chi connectivity index (χ3n) is 4.66. The van der Waals surface area contributed by atoms with E-state index in [1.807, 2.05) is 12.1 Å². The summed E-state index contributed by atoms with van der Waals surface area (Å²) in [6, 6.07) is 6.02. The molecule has 0 bridgehead atoms. The predicted octanol–water partition coefficient (Wildman–Crippen LogP) is 2.16. The van der Waals surface area contributed by atoms with Crippen molar-refractivity contribution in [1.29, 1.82) is 0 Å². The molecule has 24 heavy (non-hydrogen) atoms. The summed E-state index contributed by atoms with van der Waals surface area (Å²) < 4.78 is 15.9. The van der Waals surface area contributed by atoms with Crippen LogP contribution in [0.15, 0.2) is 23.0 Å². The molecule has 2 heterocycles. The Balaban J connectivity index is 1.94. The van der Waals surface area contributed by atoms with E-state index >= 15 is 0 Å². The minimum Gasteiger partial charge on any atom is -0.493 e. The van der Waals surface area contributed by atoms with Crippen molar-refractivity contribution in [2.75, 3.05) is 34.5 Å². The van der Waals surface area contributed by atoms with Crippen molar-refractivity contribution in [2.45, 2.75) is 25.4 Å². The number of rotatable bonds is 6. The maximum Gasteiger partial charge on any atom is 0.252 e. The molecule has 1 aliphatic rings. The highest BCUT2D eigenvalue weighted by Gasteiger charge is 2.25.